The Morgan fingerprint density at radius 3 is 2.96 bits per heavy atom. The summed E-state index contributed by atoms with van der Waals surface area (Å²) in [4.78, 5) is 23.2. The number of piperidine rings is 1. The van der Waals surface area contributed by atoms with Crippen LogP contribution in [0.25, 0.3) is 0 Å². The zero-order chi connectivity index (χ0) is 19.2. The molecule has 1 saturated heterocycles. The van der Waals surface area contributed by atoms with E-state index in [1.54, 1.807) is 31.6 Å². The van der Waals surface area contributed by atoms with Gasteiger partial charge in [-0.05, 0) is 44.4 Å². The van der Waals surface area contributed by atoms with Gasteiger partial charge >= 0.3 is 0 Å². The molecule has 0 unspecified atom stereocenters. The average molecular weight is 407 g/mol. The van der Waals surface area contributed by atoms with Crippen LogP contribution in [0.5, 0.6) is 5.75 Å². The van der Waals surface area contributed by atoms with Crippen molar-refractivity contribution in [1.82, 2.24) is 9.97 Å². The van der Waals surface area contributed by atoms with E-state index in [1.807, 2.05) is 6.07 Å². The average Bonchev–Trinajstić information content (AvgIpc) is 2.67. The van der Waals surface area contributed by atoms with E-state index in [0.717, 1.165) is 17.4 Å². The predicted octanol–water partition coefficient (Wildman–Crippen LogP) is 4.25. The molecule has 1 aliphatic heterocycles. The van der Waals surface area contributed by atoms with Crippen molar-refractivity contribution in [2.75, 3.05) is 29.6 Å². The van der Waals surface area contributed by atoms with Gasteiger partial charge in [-0.25, -0.2) is 9.97 Å². The van der Waals surface area contributed by atoms with E-state index in [0.29, 0.717) is 22.5 Å². The van der Waals surface area contributed by atoms with Gasteiger partial charge in [0.05, 0.1) is 17.9 Å². The number of nitrogens with one attached hydrogen (secondary N) is 1. The lowest BCUT2D eigenvalue weighted by molar-refractivity contribution is -0.113. The summed E-state index contributed by atoms with van der Waals surface area (Å²) in [6.45, 7) is 3.24. The zero-order valence-corrected chi connectivity index (χ0v) is 17.0. The number of methoxy groups -OCH3 is 1. The van der Waals surface area contributed by atoms with Crippen molar-refractivity contribution in [3.8, 4) is 5.75 Å². The number of halogens is 1. The third-order valence-electron chi connectivity index (χ3n) is 4.51. The number of nitrogens with zero attached hydrogens (tertiary/aromatic N) is 3. The molecule has 1 aromatic carbocycles. The molecule has 0 bridgehead atoms. The second-order valence-corrected chi connectivity index (χ2v) is 7.84. The highest BCUT2D eigenvalue weighted by molar-refractivity contribution is 7.99. The Balaban J connectivity index is 1.57. The van der Waals surface area contributed by atoms with E-state index >= 15 is 0 Å². The number of carbonyl (C=O) groups is 1. The molecule has 3 rings (SSSR count). The number of aromatic nitrogens is 2. The number of anilines is 2. The van der Waals surface area contributed by atoms with Crippen LogP contribution in [-0.2, 0) is 4.79 Å². The Kier molecular flexibility index (Phi) is 6.79. The van der Waals surface area contributed by atoms with Crippen LogP contribution >= 0.6 is 23.4 Å². The fraction of sp³-hybridized carbons (Fsp3) is 0.421. The number of hydrogen-bond donors (Lipinski definition) is 1. The van der Waals surface area contributed by atoms with Crippen molar-refractivity contribution < 1.29 is 9.53 Å². The molecule has 27 heavy (non-hydrogen) atoms. The highest BCUT2D eigenvalue weighted by Gasteiger charge is 2.20. The van der Waals surface area contributed by atoms with Gasteiger partial charge in [-0.15, -0.1) is 0 Å². The van der Waals surface area contributed by atoms with Gasteiger partial charge in [-0.1, -0.05) is 23.4 Å². The van der Waals surface area contributed by atoms with Crippen LogP contribution in [-0.4, -0.2) is 41.3 Å². The molecule has 0 saturated carbocycles. The molecule has 1 fully saturated rings. The Morgan fingerprint density at radius 1 is 1.37 bits per heavy atom. The Bertz CT molecular complexity index is 805. The van der Waals surface area contributed by atoms with E-state index in [-0.39, 0.29) is 11.7 Å². The second kappa shape index (κ2) is 9.28. The SMILES string of the molecule is COc1ccc(NC(=O)CSc2cc(N3CCCC[C@@H]3C)ncn2)cc1Cl. The molecule has 0 spiro atoms. The fourth-order valence-corrected chi connectivity index (χ4v) is 4.00. The molecule has 1 N–H and O–H groups in total. The molecule has 1 atom stereocenters. The largest absolute Gasteiger partial charge is 0.495 e. The van der Waals surface area contributed by atoms with E-state index < -0.39 is 0 Å². The van der Waals surface area contributed by atoms with Crippen LogP contribution in [0.3, 0.4) is 0 Å². The van der Waals surface area contributed by atoms with Gasteiger partial charge in [-0.2, -0.15) is 0 Å². The fourth-order valence-electron chi connectivity index (χ4n) is 3.09. The summed E-state index contributed by atoms with van der Waals surface area (Å²) < 4.78 is 5.11. The first-order valence-electron chi connectivity index (χ1n) is 8.91. The Hall–Kier alpha value is -1.99. The first-order chi connectivity index (χ1) is 13.1. The number of amides is 1. The third-order valence-corrected chi connectivity index (χ3v) is 5.73. The quantitative estimate of drug-likeness (QED) is 0.571. The molecule has 144 valence electrons. The second-order valence-electron chi connectivity index (χ2n) is 6.44. The molecule has 2 heterocycles. The highest BCUT2D eigenvalue weighted by atomic mass is 35.5. The van der Waals surface area contributed by atoms with Gasteiger partial charge in [0.25, 0.3) is 0 Å². The van der Waals surface area contributed by atoms with Gasteiger partial charge < -0.3 is 15.0 Å². The third kappa shape index (κ3) is 5.26. The zero-order valence-electron chi connectivity index (χ0n) is 15.4. The molecular formula is C19H23ClN4O2S. The summed E-state index contributed by atoms with van der Waals surface area (Å²) in [5.41, 5.74) is 0.636. The monoisotopic (exact) mass is 406 g/mol. The van der Waals surface area contributed by atoms with E-state index in [9.17, 15) is 4.79 Å². The van der Waals surface area contributed by atoms with Gasteiger partial charge in [0, 0.05) is 24.3 Å². The number of ether oxygens (including phenoxy) is 1. The minimum atomic E-state index is -0.118. The summed E-state index contributed by atoms with van der Waals surface area (Å²) in [7, 11) is 1.55. The highest BCUT2D eigenvalue weighted by Crippen LogP contribution is 2.28. The normalized spacial score (nSPS) is 16.9. The number of rotatable bonds is 6. The number of thioether (sulfide) groups is 1. The minimum absolute atomic E-state index is 0.118. The minimum Gasteiger partial charge on any atom is -0.495 e. The van der Waals surface area contributed by atoms with Crippen molar-refractivity contribution in [2.45, 2.75) is 37.3 Å². The van der Waals surface area contributed by atoms with Crippen molar-refractivity contribution >= 4 is 40.8 Å². The van der Waals surface area contributed by atoms with Crippen molar-refractivity contribution in [2.24, 2.45) is 0 Å². The first-order valence-corrected chi connectivity index (χ1v) is 10.3. The van der Waals surface area contributed by atoms with Crippen LogP contribution in [0.15, 0.2) is 35.6 Å². The van der Waals surface area contributed by atoms with Crippen LogP contribution in [0, 0.1) is 0 Å². The van der Waals surface area contributed by atoms with Crippen molar-refractivity contribution in [3.63, 3.8) is 0 Å². The van der Waals surface area contributed by atoms with Crippen LogP contribution in [0.2, 0.25) is 5.02 Å². The number of carbonyl (C=O) groups excluding carboxylic acids is 1. The molecular weight excluding hydrogens is 384 g/mol. The van der Waals surface area contributed by atoms with Crippen molar-refractivity contribution in [3.05, 3.63) is 35.6 Å². The molecule has 6 nitrogen and oxygen atoms in total. The van der Waals surface area contributed by atoms with Gasteiger partial charge in [-0.3, -0.25) is 4.79 Å². The molecule has 1 aromatic heterocycles. The van der Waals surface area contributed by atoms with Crippen LogP contribution in [0.1, 0.15) is 26.2 Å². The van der Waals surface area contributed by atoms with E-state index in [2.05, 4.69) is 27.1 Å². The number of hydrogen-bond acceptors (Lipinski definition) is 6. The van der Waals surface area contributed by atoms with Gasteiger partial charge in [0.2, 0.25) is 5.91 Å². The molecule has 8 heteroatoms. The molecule has 2 aromatic rings. The summed E-state index contributed by atoms with van der Waals surface area (Å²) >= 11 is 7.48. The topological polar surface area (TPSA) is 67.3 Å². The smallest absolute Gasteiger partial charge is 0.234 e. The molecule has 1 amide bonds. The molecule has 1 aliphatic rings. The lowest BCUT2D eigenvalue weighted by Crippen LogP contribution is -2.38. The molecule has 0 radical (unpaired) electrons. The van der Waals surface area contributed by atoms with Gasteiger partial charge in [0.15, 0.2) is 0 Å². The van der Waals surface area contributed by atoms with E-state index in [4.69, 9.17) is 16.3 Å². The standard InChI is InChI=1S/C19H23ClN4O2S/c1-13-5-3-4-8-24(13)17-10-19(22-12-21-17)27-11-18(25)23-14-6-7-16(26-2)15(20)9-14/h6-7,9-10,12-13H,3-5,8,11H2,1-2H3,(H,23,25)/t13-/m0/s1. The Morgan fingerprint density at radius 2 is 2.22 bits per heavy atom. The predicted molar refractivity (Wildman–Crippen MR) is 110 cm³/mol. The summed E-state index contributed by atoms with van der Waals surface area (Å²) in [6, 6.07) is 7.60. The summed E-state index contributed by atoms with van der Waals surface area (Å²) in [6.07, 6.45) is 5.20. The van der Waals surface area contributed by atoms with Crippen LogP contribution in [0.4, 0.5) is 11.5 Å². The lowest BCUT2D eigenvalue weighted by atomic mass is 10.0. The number of benzene rings is 1. The Labute approximate surface area is 168 Å². The van der Waals surface area contributed by atoms with E-state index in [1.165, 1.54) is 31.0 Å². The maximum atomic E-state index is 12.2. The van der Waals surface area contributed by atoms with Crippen molar-refractivity contribution in [1.29, 1.82) is 0 Å². The lowest BCUT2D eigenvalue weighted by Gasteiger charge is -2.34. The maximum absolute atomic E-state index is 12.2. The maximum Gasteiger partial charge on any atom is 0.234 e. The van der Waals surface area contributed by atoms with Crippen LogP contribution < -0.4 is 15.0 Å². The summed E-state index contributed by atoms with van der Waals surface area (Å²) in [5, 5.41) is 4.09. The van der Waals surface area contributed by atoms with Gasteiger partial charge in [0.1, 0.15) is 22.9 Å². The first kappa shape index (κ1) is 19.8. The molecule has 0 aliphatic carbocycles. The summed E-state index contributed by atoms with van der Waals surface area (Å²) in [5.74, 6) is 1.65.